The Balaban J connectivity index is 2.47. The summed E-state index contributed by atoms with van der Waals surface area (Å²) < 4.78 is 9.21. The molecule has 1 unspecified atom stereocenters. The van der Waals surface area contributed by atoms with E-state index in [0.717, 1.165) is 23.7 Å². The van der Waals surface area contributed by atoms with E-state index in [9.17, 15) is 0 Å². The molecule has 0 spiro atoms. The van der Waals surface area contributed by atoms with Crippen LogP contribution >= 0.6 is 0 Å². The molecule has 0 aliphatic heterocycles. The van der Waals surface area contributed by atoms with E-state index < -0.39 is 0 Å². The van der Waals surface area contributed by atoms with Crippen molar-refractivity contribution < 1.29 is 4.74 Å². The lowest BCUT2D eigenvalue weighted by Crippen LogP contribution is -2.26. The zero-order valence-electron chi connectivity index (χ0n) is 11.2. The van der Waals surface area contributed by atoms with Crippen molar-refractivity contribution in [1.29, 1.82) is 0 Å². The third-order valence-corrected chi connectivity index (χ3v) is 3.00. The van der Waals surface area contributed by atoms with Crippen LogP contribution in [0, 0.1) is 0 Å². The molecule has 0 aliphatic carbocycles. The number of aromatic nitrogens is 4. The van der Waals surface area contributed by atoms with Crippen molar-refractivity contribution in [2.75, 3.05) is 13.7 Å². The molecule has 0 radical (unpaired) electrons. The molecule has 0 aliphatic rings. The van der Waals surface area contributed by atoms with Crippen molar-refractivity contribution in [3.8, 4) is 5.75 Å². The predicted molar refractivity (Wildman–Crippen MR) is 68.5 cm³/mol. The van der Waals surface area contributed by atoms with Gasteiger partial charge in [-0.2, -0.15) is 5.10 Å². The molecule has 1 N–H and O–H groups in total. The lowest BCUT2D eigenvalue weighted by Gasteiger charge is -2.19. The summed E-state index contributed by atoms with van der Waals surface area (Å²) in [6.07, 6.45) is 5.39. The van der Waals surface area contributed by atoms with Gasteiger partial charge in [0.2, 0.25) is 0 Å². The van der Waals surface area contributed by atoms with Crippen LogP contribution in [0.5, 0.6) is 5.75 Å². The van der Waals surface area contributed by atoms with Gasteiger partial charge in [-0.15, -0.1) is 0 Å². The molecule has 0 amide bonds. The summed E-state index contributed by atoms with van der Waals surface area (Å²) in [5.41, 5.74) is 2.08. The lowest BCUT2D eigenvalue weighted by atomic mass is 10.1. The fourth-order valence-electron chi connectivity index (χ4n) is 2.10. The van der Waals surface area contributed by atoms with Crippen LogP contribution in [0.25, 0.3) is 0 Å². The van der Waals surface area contributed by atoms with Gasteiger partial charge < -0.3 is 14.6 Å². The fourth-order valence-corrected chi connectivity index (χ4v) is 2.10. The van der Waals surface area contributed by atoms with E-state index in [1.54, 1.807) is 19.6 Å². The van der Waals surface area contributed by atoms with Crippen molar-refractivity contribution in [3.63, 3.8) is 0 Å². The second-order valence-corrected chi connectivity index (χ2v) is 4.14. The first-order chi connectivity index (χ1) is 8.69. The fraction of sp³-hybridized carbons (Fsp3) is 0.500. The third-order valence-electron chi connectivity index (χ3n) is 3.00. The molecule has 2 aromatic rings. The van der Waals surface area contributed by atoms with Crippen molar-refractivity contribution >= 4 is 0 Å². The molecule has 2 rings (SSSR count). The van der Waals surface area contributed by atoms with Crippen molar-refractivity contribution in [1.82, 2.24) is 24.6 Å². The Morgan fingerprint density at radius 1 is 1.39 bits per heavy atom. The summed E-state index contributed by atoms with van der Waals surface area (Å²) in [5, 5.41) is 7.69. The summed E-state index contributed by atoms with van der Waals surface area (Å²) in [6, 6.07) is 0.0185. The number of ether oxygens (including phenoxy) is 1. The maximum Gasteiger partial charge on any atom is 0.161 e. The quantitative estimate of drug-likeness (QED) is 0.854. The van der Waals surface area contributed by atoms with E-state index in [-0.39, 0.29) is 6.04 Å². The monoisotopic (exact) mass is 249 g/mol. The Kier molecular flexibility index (Phi) is 3.66. The van der Waals surface area contributed by atoms with E-state index in [0.29, 0.717) is 0 Å². The van der Waals surface area contributed by atoms with Gasteiger partial charge in [0.1, 0.15) is 5.69 Å². The number of rotatable bonds is 5. The highest BCUT2D eigenvalue weighted by Gasteiger charge is 2.23. The molecule has 18 heavy (non-hydrogen) atoms. The van der Waals surface area contributed by atoms with Crippen LogP contribution < -0.4 is 10.1 Å². The molecule has 0 fully saturated rings. The number of methoxy groups -OCH3 is 1. The van der Waals surface area contributed by atoms with Gasteiger partial charge in [0.25, 0.3) is 0 Å². The highest BCUT2D eigenvalue weighted by molar-refractivity contribution is 5.33. The average Bonchev–Trinajstić information content (AvgIpc) is 2.93. The third kappa shape index (κ3) is 2.11. The van der Waals surface area contributed by atoms with Crippen LogP contribution in [0.4, 0.5) is 0 Å². The van der Waals surface area contributed by atoms with Gasteiger partial charge in [-0.3, -0.25) is 4.68 Å². The van der Waals surface area contributed by atoms with E-state index in [2.05, 4.69) is 22.3 Å². The first-order valence-corrected chi connectivity index (χ1v) is 5.94. The van der Waals surface area contributed by atoms with E-state index in [1.165, 1.54) is 0 Å². The second kappa shape index (κ2) is 5.22. The van der Waals surface area contributed by atoms with Gasteiger partial charge in [0.05, 0.1) is 37.6 Å². The Hall–Kier alpha value is -1.82. The molecular formula is C12H19N5O. The van der Waals surface area contributed by atoms with Gasteiger partial charge in [0.15, 0.2) is 5.75 Å². The largest absolute Gasteiger partial charge is 0.493 e. The Morgan fingerprint density at radius 3 is 2.72 bits per heavy atom. The zero-order valence-corrected chi connectivity index (χ0v) is 11.2. The number of aryl methyl sites for hydroxylation is 2. The maximum atomic E-state index is 5.38. The van der Waals surface area contributed by atoms with Crippen LogP contribution in [0.1, 0.15) is 24.4 Å². The first kappa shape index (κ1) is 12.6. The smallest absolute Gasteiger partial charge is 0.161 e. The van der Waals surface area contributed by atoms with Gasteiger partial charge in [-0.05, 0) is 6.54 Å². The van der Waals surface area contributed by atoms with Gasteiger partial charge in [-0.1, -0.05) is 6.92 Å². The van der Waals surface area contributed by atoms with Crippen LogP contribution in [0.15, 0.2) is 18.7 Å². The number of nitrogens with zero attached hydrogens (tertiary/aromatic N) is 4. The van der Waals surface area contributed by atoms with E-state index >= 15 is 0 Å². The van der Waals surface area contributed by atoms with Gasteiger partial charge in [-0.25, -0.2) is 4.98 Å². The van der Waals surface area contributed by atoms with E-state index in [1.807, 2.05) is 29.5 Å². The Labute approximate surface area is 107 Å². The van der Waals surface area contributed by atoms with Crippen LogP contribution in [-0.4, -0.2) is 33.0 Å². The predicted octanol–water partition coefficient (Wildman–Crippen LogP) is 0.861. The van der Waals surface area contributed by atoms with Gasteiger partial charge in [0, 0.05) is 14.1 Å². The molecule has 2 heterocycles. The molecule has 2 aromatic heterocycles. The molecule has 0 bridgehead atoms. The topological polar surface area (TPSA) is 56.9 Å². The Bertz CT molecular complexity index is 516. The zero-order chi connectivity index (χ0) is 13.1. The van der Waals surface area contributed by atoms with Crippen LogP contribution in [-0.2, 0) is 14.1 Å². The number of hydrogen-bond acceptors (Lipinski definition) is 4. The highest BCUT2D eigenvalue weighted by atomic mass is 16.5. The van der Waals surface area contributed by atoms with Crippen molar-refractivity contribution in [2.45, 2.75) is 13.0 Å². The molecule has 0 saturated heterocycles. The SMILES string of the molecule is CCNC(c1cncn1C)c1c(OC)cnn1C. The molecule has 98 valence electrons. The highest BCUT2D eigenvalue weighted by Crippen LogP contribution is 2.28. The van der Waals surface area contributed by atoms with Crippen molar-refractivity contribution in [2.24, 2.45) is 14.1 Å². The number of nitrogens with one attached hydrogen (secondary N) is 1. The molecule has 6 nitrogen and oxygen atoms in total. The standard InChI is InChI=1S/C12H19N5O/c1-5-14-11(9-6-13-8-16(9)2)12-10(18-4)7-15-17(12)3/h6-8,11,14H,5H2,1-4H3. The maximum absolute atomic E-state index is 5.38. The number of imidazole rings is 1. The number of hydrogen-bond donors (Lipinski definition) is 1. The van der Waals surface area contributed by atoms with Crippen LogP contribution in [0.2, 0.25) is 0 Å². The minimum Gasteiger partial charge on any atom is -0.493 e. The normalized spacial score (nSPS) is 12.7. The summed E-state index contributed by atoms with van der Waals surface area (Å²) in [6.45, 7) is 2.93. The van der Waals surface area contributed by atoms with Crippen molar-refractivity contribution in [3.05, 3.63) is 30.1 Å². The summed E-state index contributed by atoms with van der Waals surface area (Å²) in [4.78, 5) is 4.17. The summed E-state index contributed by atoms with van der Waals surface area (Å²) >= 11 is 0. The summed E-state index contributed by atoms with van der Waals surface area (Å²) in [7, 11) is 5.56. The summed E-state index contributed by atoms with van der Waals surface area (Å²) in [5.74, 6) is 0.782. The minimum absolute atomic E-state index is 0.0185. The minimum atomic E-state index is 0.0185. The second-order valence-electron chi connectivity index (χ2n) is 4.14. The lowest BCUT2D eigenvalue weighted by molar-refractivity contribution is 0.399. The molecule has 0 saturated carbocycles. The molecule has 1 atom stereocenters. The molecular weight excluding hydrogens is 230 g/mol. The molecule has 0 aromatic carbocycles. The van der Waals surface area contributed by atoms with E-state index in [4.69, 9.17) is 4.74 Å². The average molecular weight is 249 g/mol. The van der Waals surface area contributed by atoms with Crippen LogP contribution in [0.3, 0.4) is 0 Å². The molecule has 6 heteroatoms. The van der Waals surface area contributed by atoms with Gasteiger partial charge >= 0.3 is 0 Å². The first-order valence-electron chi connectivity index (χ1n) is 5.94. The Morgan fingerprint density at radius 2 is 2.17 bits per heavy atom.